The number of carbonyl (C=O) groups excluding carboxylic acids is 2. The zero-order valence-electron chi connectivity index (χ0n) is 22.7. The highest BCUT2D eigenvalue weighted by Crippen LogP contribution is 2.28. The fourth-order valence-corrected chi connectivity index (χ4v) is 5.71. The van der Waals surface area contributed by atoms with E-state index in [0.29, 0.717) is 21.3 Å². The van der Waals surface area contributed by atoms with Gasteiger partial charge in [-0.05, 0) is 62.7 Å². The maximum absolute atomic E-state index is 14.1. The van der Waals surface area contributed by atoms with E-state index in [9.17, 15) is 18.0 Å². The molecule has 0 aliphatic carbocycles. The molecule has 0 radical (unpaired) electrons. The SMILES string of the molecule is CC(C)(C)NC(=O)[C@H](Cc1ccccc1)N(Cc1c(Cl)cccc1Cl)C(=O)CN(c1ccc(Br)cc1)S(C)(=O)=O. The summed E-state index contributed by atoms with van der Waals surface area (Å²) < 4.78 is 27.5. The second-order valence-corrected chi connectivity index (χ2v) is 14.0. The van der Waals surface area contributed by atoms with E-state index in [-0.39, 0.29) is 18.9 Å². The molecule has 1 N–H and O–H groups in total. The topological polar surface area (TPSA) is 86.8 Å². The average molecular weight is 669 g/mol. The molecule has 0 heterocycles. The first-order valence-corrected chi connectivity index (χ1v) is 15.9. The second kappa shape index (κ2) is 13.4. The standard InChI is InChI=1S/C29H32BrCl2N3O4S/c1-29(2,3)33-28(37)26(17-20-9-6-5-7-10-20)34(18-23-24(31)11-8-12-25(23)32)27(36)19-35(40(4,38)39)22-15-13-21(30)14-16-22/h5-16,26H,17-19H2,1-4H3,(H,33,37)/t26-/m0/s1. The Labute approximate surface area is 254 Å². The number of rotatable bonds is 10. The van der Waals surface area contributed by atoms with Crippen LogP contribution in [-0.2, 0) is 32.6 Å². The highest BCUT2D eigenvalue weighted by Gasteiger charge is 2.35. The molecule has 7 nitrogen and oxygen atoms in total. The minimum absolute atomic E-state index is 0.107. The summed E-state index contributed by atoms with van der Waals surface area (Å²) >= 11 is 16.3. The van der Waals surface area contributed by atoms with Crippen LogP contribution < -0.4 is 9.62 Å². The highest BCUT2D eigenvalue weighted by molar-refractivity contribution is 9.10. The first kappa shape index (κ1) is 31.9. The van der Waals surface area contributed by atoms with Gasteiger partial charge in [0.05, 0.1) is 11.9 Å². The van der Waals surface area contributed by atoms with Gasteiger partial charge in [0.1, 0.15) is 12.6 Å². The van der Waals surface area contributed by atoms with Gasteiger partial charge < -0.3 is 10.2 Å². The minimum atomic E-state index is -3.86. The maximum Gasteiger partial charge on any atom is 0.244 e. The van der Waals surface area contributed by atoms with Crippen molar-refractivity contribution in [2.75, 3.05) is 17.1 Å². The third kappa shape index (κ3) is 8.96. The van der Waals surface area contributed by atoms with Crippen LogP contribution in [0.5, 0.6) is 0 Å². The Morgan fingerprint density at radius 2 is 1.50 bits per heavy atom. The van der Waals surface area contributed by atoms with Crippen LogP contribution in [0, 0.1) is 0 Å². The van der Waals surface area contributed by atoms with Crippen molar-refractivity contribution in [3.8, 4) is 0 Å². The number of hydrogen-bond donors (Lipinski definition) is 1. The number of amides is 2. The lowest BCUT2D eigenvalue weighted by Gasteiger charge is -2.35. The van der Waals surface area contributed by atoms with Crippen molar-refractivity contribution in [2.45, 2.75) is 45.3 Å². The van der Waals surface area contributed by atoms with Crippen LogP contribution in [0.25, 0.3) is 0 Å². The third-order valence-corrected chi connectivity index (χ3v) is 8.33. The average Bonchev–Trinajstić information content (AvgIpc) is 2.85. The van der Waals surface area contributed by atoms with Gasteiger partial charge >= 0.3 is 0 Å². The fraction of sp³-hybridized carbons (Fsp3) is 0.310. The van der Waals surface area contributed by atoms with Gasteiger partial charge in [-0.2, -0.15) is 0 Å². The molecule has 3 rings (SSSR count). The lowest BCUT2D eigenvalue weighted by atomic mass is 10.0. The molecule has 0 spiro atoms. The number of sulfonamides is 1. The van der Waals surface area contributed by atoms with Crippen LogP contribution >= 0.6 is 39.1 Å². The molecule has 0 fully saturated rings. The van der Waals surface area contributed by atoms with Crippen molar-refractivity contribution in [3.63, 3.8) is 0 Å². The van der Waals surface area contributed by atoms with E-state index in [2.05, 4.69) is 21.2 Å². The van der Waals surface area contributed by atoms with Crippen LogP contribution in [0.15, 0.2) is 77.3 Å². The molecule has 0 aromatic heterocycles. The van der Waals surface area contributed by atoms with Gasteiger partial charge in [-0.25, -0.2) is 8.42 Å². The van der Waals surface area contributed by atoms with Gasteiger partial charge in [-0.3, -0.25) is 13.9 Å². The van der Waals surface area contributed by atoms with Crippen LogP contribution in [-0.4, -0.2) is 49.5 Å². The number of anilines is 1. The number of nitrogens with one attached hydrogen (secondary N) is 1. The second-order valence-electron chi connectivity index (χ2n) is 10.4. The van der Waals surface area contributed by atoms with E-state index in [1.54, 1.807) is 42.5 Å². The summed E-state index contributed by atoms with van der Waals surface area (Å²) in [5.74, 6) is -0.975. The lowest BCUT2D eigenvalue weighted by molar-refractivity contribution is -0.140. The van der Waals surface area contributed by atoms with Crippen LogP contribution in [0.2, 0.25) is 10.0 Å². The molecule has 0 saturated heterocycles. The lowest BCUT2D eigenvalue weighted by Crippen LogP contribution is -2.56. The normalized spacial score (nSPS) is 12.5. The van der Waals surface area contributed by atoms with Crippen molar-refractivity contribution >= 4 is 66.7 Å². The van der Waals surface area contributed by atoms with Crippen molar-refractivity contribution in [2.24, 2.45) is 0 Å². The zero-order chi connectivity index (χ0) is 29.7. The van der Waals surface area contributed by atoms with Gasteiger partial charge in [0.25, 0.3) is 0 Å². The summed E-state index contributed by atoms with van der Waals surface area (Å²) in [4.78, 5) is 29.2. The molecule has 0 saturated carbocycles. The predicted octanol–water partition coefficient (Wildman–Crippen LogP) is 6.08. The van der Waals surface area contributed by atoms with E-state index >= 15 is 0 Å². The monoisotopic (exact) mass is 667 g/mol. The predicted molar refractivity (Wildman–Crippen MR) is 165 cm³/mol. The number of nitrogens with zero attached hydrogens (tertiary/aromatic N) is 2. The van der Waals surface area contributed by atoms with E-state index in [1.807, 2.05) is 51.1 Å². The van der Waals surface area contributed by atoms with Gasteiger partial charge in [0, 0.05) is 38.6 Å². The molecule has 2 amide bonds. The molecule has 3 aromatic rings. The Bertz CT molecular complexity index is 1430. The van der Waals surface area contributed by atoms with Gasteiger partial charge in [0.2, 0.25) is 21.8 Å². The first-order valence-electron chi connectivity index (χ1n) is 12.5. The molecule has 0 unspecified atom stereocenters. The van der Waals surface area contributed by atoms with E-state index in [0.717, 1.165) is 20.6 Å². The van der Waals surface area contributed by atoms with Gasteiger partial charge in [0.15, 0.2) is 0 Å². The smallest absolute Gasteiger partial charge is 0.244 e. The van der Waals surface area contributed by atoms with Crippen molar-refractivity contribution in [1.82, 2.24) is 10.2 Å². The molecule has 0 aliphatic heterocycles. The van der Waals surface area contributed by atoms with Crippen LogP contribution in [0.4, 0.5) is 5.69 Å². The Balaban J connectivity index is 2.11. The summed E-state index contributed by atoms with van der Waals surface area (Å²) in [5, 5.41) is 3.63. The Kier molecular flexibility index (Phi) is 10.7. The molecule has 1 atom stereocenters. The molecular weight excluding hydrogens is 637 g/mol. The number of halogens is 3. The summed E-state index contributed by atoms with van der Waals surface area (Å²) in [6.45, 7) is 4.91. The summed E-state index contributed by atoms with van der Waals surface area (Å²) in [6.07, 6.45) is 1.22. The minimum Gasteiger partial charge on any atom is -0.350 e. The summed E-state index contributed by atoms with van der Waals surface area (Å²) in [5.41, 5.74) is 1.01. The molecule has 40 heavy (non-hydrogen) atoms. The molecular formula is C29H32BrCl2N3O4S. The number of hydrogen-bond acceptors (Lipinski definition) is 4. The Morgan fingerprint density at radius 3 is 2.02 bits per heavy atom. The highest BCUT2D eigenvalue weighted by atomic mass is 79.9. The van der Waals surface area contributed by atoms with E-state index < -0.39 is 34.1 Å². The van der Waals surface area contributed by atoms with Gasteiger partial charge in [-0.15, -0.1) is 0 Å². The van der Waals surface area contributed by atoms with Gasteiger partial charge in [-0.1, -0.05) is 75.5 Å². The Hall–Kier alpha value is -2.59. The largest absolute Gasteiger partial charge is 0.350 e. The fourth-order valence-electron chi connectivity index (χ4n) is 4.08. The summed E-state index contributed by atoms with van der Waals surface area (Å²) in [7, 11) is -3.86. The zero-order valence-corrected chi connectivity index (χ0v) is 26.6. The molecule has 0 aliphatic rings. The number of carbonyl (C=O) groups is 2. The van der Waals surface area contributed by atoms with Crippen molar-refractivity contribution in [3.05, 3.63) is 98.4 Å². The molecule has 0 bridgehead atoms. The van der Waals surface area contributed by atoms with Crippen molar-refractivity contribution in [1.29, 1.82) is 0 Å². The maximum atomic E-state index is 14.1. The van der Waals surface area contributed by atoms with Crippen LogP contribution in [0.3, 0.4) is 0 Å². The first-order chi connectivity index (χ1) is 18.7. The quantitative estimate of drug-likeness (QED) is 0.284. The third-order valence-electron chi connectivity index (χ3n) is 5.95. The van der Waals surface area contributed by atoms with Crippen LogP contribution in [0.1, 0.15) is 31.9 Å². The molecule has 214 valence electrons. The molecule has 3 aromatic carbocycles. The summed E-state index contributed by atoms with van der Waals surface area (Å²) in [6, 6.07) is 19.9. The Morgan fingerprint density at radius 1 is 0.925 bits per heavy atom. The molecule has 11 heteroatoms. The number of benzene rings is 3. The van der Waals surface area contributed by atoms with E-state index in [4.69, 9.17) is 23.2 Å². The van der Waals surface area contributed by atoms with E-state index in [1.165, 1.54) is 4.90 Å². The van der Waals surface area contributed by atoms with Crippen molar-refractivity contribution < 1.29 is 18.0 Å².